The third kappa shape index (κ3) is 6.24. The number of benzene rings is 2. The van der Waals surface area contributed by atoms with E-state index in [-0.39, 0.29) is 17.3 Å². The van der Waals surface area contributed by atoms with Gasteiger partial charge < -0.3 is 9.73 Å². The first-order chi connectivity index (χ1) is 17.8. The molecule has 37 heavy (non-hydrogen) atoms. The van der Waals surface area contributed by atoms with Gasteiger partial charge in [-0.2, -0.15) is 4.80 Å². The van der Waals surface area contributed by atoms with Gasteiger partial charge in [-0.15, -0.1) is 10.2 Å². The number of nitrogens with one attached hydrogen (secondary N) is 1. The third-order valence-corrected chi connectivity index (χ3v) is 5.55. The van der Waals surface area contributed by atoms with Crippen LogP contribution in [0.3, 0.4) is 0 Å². The smallest absolute Gasteiger partial charge is 0.251 e. The van der Waals surface area contributed by atoms with Gasteiger partial charge in [0.15, 0.2) is 6.04 Å². The average Bonchev–Trinajstić information content (AvgIpc) is 3.56. The van der Waals surface area contributed by atoms with E-state index in [1.807, 2.05) is 13.8 Å². The lowest BCUT2D eigenvalue weighted by Gasteiger charge is -2.30. The summed E-state index contributed by atoms with van der Waals surface area (Å²) in [5.41, 5.74) is 0.399. The number of hydrogen-bond acceptors (Lipinski definition) is 6. The summed E-state index contributed by atoms with van der Waals surface area (Å²) in [5, 5.41) is 14.8. The predicted molar refractivity (Wildman–Crippen MR) is 131 cm³/mol. The number of halogens is 2. The van der Waals surface area contributed by atoms with Crippen LogP contribution in [0.25, 0.3) is 11.4 Å². The van der Waals surface area contributed by atoms with Crippen LogP contribution in [0.4, 0.5) is 14.5 Å². The maximum absolute atomic E-state index is 15.0. The van der Waals surface area contributed by atoms with Crippen LogP contribution in [0, 0.1) is 17.6 Å². The molecular weight excluding hydrogens is 482 g/mol. The predicted octanol–water partition coefficient (Wildman–Crippen LogP) is 4.15. The van der Waals surface area contributed by atoms with Crippen LogP contribution in [-0.2, 0) is 16.1 Å². The Morgan fingerprint density at radius 1 is 1.05 bits per heavy atom. The second-order valence-electron chi connectivity index (χ2n) is 8.76. The van der Waals surface area contributed by atoms with Crippen molar-refractivity contribution in [1.29, 1.82) is 0 Å². The molecule has 1 N–H and O–H groups in total. The van der Waals surface area contributed by atoms with E-state index in [0.29, 0.717) is 18.0 Å². The van der Waals surface area contributed by atoms with Gasteiger partial charge in [-0.05, 0) is 66.1 Å². The fourth-order valence-electron chi connectivity index (χ4n) is 3.69. The van der Waals surface area contributed by atoms with Crippen LogP contribution in [-0.4, -0.2) is 38.6 Å². The Hall–Kier alpha value is -4.41. The van der Waals surface area contributed by atoms with Crippen LogP contribution in [0.5, 0.6) is 0 Å². The van der Waals surface area contributed by atoms with E-state index in [9.17, 15) is 18.4 Å². The monoisotopic (exact) mass is 508 g/mol. The number of rotatable bonds is 10. The number of carbonyl (C=O) groups is 2. The molecule has 2 aromatic carbocycles. The highest BCUT2D eigenvalue weighted by Crippen LogP contribution is 2.30. The number of amides is 2. The summed E-state index contributed by atoms with van der Waals surface area (Å²) in [6, 6.07) is 13.0. The lowest BCUT2D eigenvalue weighted by Crippen LogP contribution is -2.46. The number of nitrogens with zero attached hydrogens (tertiary/aromatic N) is 5. The van der Waals surface area contributed by atoms with E-state index in [1.54, 1.807) is 18.2 Å². The molecule has 0 fully saturated rings. The van der Waals surface area contributed by atoms with Gasteiger partial charge >= 0.3 is 0 Å². The fraction of sp³-hybridized carbons (Fsp3) is 0.269. The molecular formula is C26H26F2N6O3. The van der Waals surface area contributed by atoms with Crippen molar-refractivity contribution < 1.29 is 22.8 Å². The summed E-state index contributed by atoms with van der Waals surface area (Å²) < 4.78 is 33.7. The van der Waals surface area contributed by atoms with Crippen molar-refractivity contribution >= 4 is 17.5 Å². The molecule has 4 rings (SSSR count). The quantitative estimate of drug-likeness (QED) is 0.345. The first-order valence-corrected chi connectivity index (χ1v) is 11.7. The molecule has 0 aliphatic carbocycles. The largest absolute Gasteiger partial charge is 0.467 e. The van der Waals surface area contributed by atoms with Crippen LogP contribution < -0.4 is 10.2 Å². The Morgan fingerprint density at radius 3 is 2.49 bits per heavy atom. The minimum absolute atomic E-state index is 0.105. The number of para-hydroxylation sites is 1. The number of aromatic nitrogens is 4. The molecule has 4 aromatic rings. The van der Waals surface area contributed by atoms with E-state index in [0.717, 1.165) is 16.1 Å². The molecule has 0 bridgehead atoms. The van der Waals surface area contributed by atoms with Gasteiger partial charge in [-0.1, -0.05) is 26.0 Å². The van der Waals surface area contributed by atoms with E-state index < -0.39 is 36.0 Å². The Balaban J connectivity index is 1.66. The van der Waals surface area contributed by atoms with Crippen molar-refractivity contribution in [3.63, 3.8) is 0 Å². The number of tetrazole rings is 1. The Morgan fingerprint density at radius 2 is 1.81 bits per heavy atom. The summed E-state index contributed by atoms with van der Waals surface area (Å²) in [5.74, 6) is -1.61. The maximum atomic E-state index is 15.0. The SMILES string of the molecule is CC(C)CCNC(=O)[C@H](c1ccco1)N(C(=O)Cn1nnc(-c2ccc(F)cc2)n1)c1ccccc1F. The lowest BCUT2D eigenvalue weighted by molar-refractivity contribution is -0.127. The molecule has 0 unspecified atom stereocenters. The topological polar surface area (TPSA) is 106 Å². The number of anilines is 1. The van der Waals surface area contributed by atoms with E-state index in [2.05, 4.69) is 20.7 Å². The van der Waals surface area contributed by atoms with Gasteiger partial charge in [0.2, 0.25) is 5.82 Å². The molecule has 2 heterocycles. The molecule has 0 saturated heterocycles. The van der Waals surface area contributed by atoms with Crippen LogP contribution in [0.2, 0.25) is 0 Å². The average molecular weight is 509 g/mol. The van der Waals surface area contributed by atoms with E-state index in [4.69, 9.17) is 4.42 Å². The molecule has 0 spiro atoms. The highest BCUT2D eigenvalue weighted by Gasteiger charge is 2.36. The number of furan rings is 1. The summed E-state index contributed by atoms with van der Waals surface area (Å²) in [7, 11) is 0. The van der Waals surface area contributed by atoms with Gasteiger partial charge in [0.25, 0.3) is 11.8 Å². The van der Waals surface area contributed by atoms with Crippen molar-refractivity contribution in [3.8, 4) is 11.4 Å². The molecule has 0 aliphatic rings. The second kappa shape index (κ2) is 11.5. The molecule has 1 atom stereocenters. The summed E-state index contributed by atoms with van der Waals surface area (Å²) >= 11 is 0. The lowest BCUT2D eigenvalue weighted by atomic mass is 10.1. The third-order valence-electron chi connectivity index (χ3n) is 5.55. The Bertz CT molecular complexity index is 1340. The molecule has 2 amide bonds. The first-order valence-electron chi connectivity index (χ1n) is 11.7. The molecule has 11 heteroatoms. The molecule has 9 nitrogen and oxygen atoms in total. The molecule has 192 valence electrons. The zero-order valence-corrected chi connectivity index (χ0v) is 20.3. The maximum Gasteiger partial charge on any atom is 0.251 e. The van der Waals surface area contributed by atoms with Crippen LogP contribution >= 0.6 is 0 Å². The molecule has 2 aromatic heterocycles. The van der Waals surface area contributed by atoms with E-state index in [1.165, 1.54) is 48.7 Å². The van der Waals surface area contributed by atoms with E-state index >= 15 is 0 Å². The summed E-state index contributed by atoms with van der Waals surface area (Å²) in [4.78, 5) is 29.1. The Labute approximate surface area is 212 Å². The van der Waals surface area contributed by atoms with Crippen molar-refractivity contribution in [2.75, 3.05) is 11.4 Å². The van der Waals surface area contributed by atoms with Gasteiger partial charge in [0.1, 0.15) is 23.9 Å². The van der Waals surface area contributed by atoms with Crippen molar-refractivity contribution in [3.05, 3.63) is 84.3 Å². The van der Waals surface area contributed by atoms with Gasteiger partial charge in [-0.25, -0.2) is 8.78 Å². The van der Waals surface area contributed by atoms with Gasteiger partial charge in [0.05, 0.1) is 12.0 Å². The highest BCUT2D eigenvalue weighted by atomic mass is 19.1. The zero-order chi connectivity index (χ0) is 26.4. The van der Waals surface area contributed by atoms with Crippen molar-refractivity contribution in [2.24, 2.45) is 5.92 Å². The van der Waals surface area contributed by atoms with Crippen molar-refractivity contribution in [1.82, 2.24) is 25.5 Å². The molecule has 0 aliphatic heterocycles. The van der Waals surface area contributed by atoms with Crippen LogP contribution in [0.15, 0.2) is 71.3 Å². The highest BCUT2D eigenvalue weighted by molar-refractivity contribution is 6.01. The first kappa shape index (κ1) is 25.7. The normalized spacial score (nSPS) is 11.9. The number of hydrogen-bond donors (Lipinski definition) is 1. The second-order valence-corrected chi connectivity index (χ2v) is 8.76. The van der Waals surface area contributed by atoms with Crippen molar-refractivity contribution in [2.45, 2.75) is 32.9 Å². The molecule has 0 radical (unpaired) electrons. The minimum atomic E-state index is -1.29. The number of carbonyl (C=O) groups excluding carboxylic acids is 2. The minimum Gasteiger partial charge on any atom is -0.467 e. The Kier molecular flexibility index (Phi) is 8.02. The van der Waals surface area contributed by atoms with Gasteiger partial charge in [-0.3, -0.25) is 14.5 Å². The molecule has 0 saturated carbocycles. The fourth-order valence-corrected chi connectivity index (χ4v) is 3.69. The standard InChI is InChI=1S/C26H26F2N6O3/c1-17(2)13-14-29-26(36)24(22-8-5-15-37-22)34(21-7-4-3-6-20(21)28)23(35)16-33-31-25(30-32-33)18-9-11-19(27)12-10-18/h3-12,15,17,24H,13-14,16H2,1-2H3,(H,29,36)/t24-/m0/s1. The summed E-state index contributed by atoms with van der Waals surface area (Å²) in [6.07, 6.45) is 2.10. The zero-order valence-electron chi connectivity index (χ0n) is 20.3. The summed E-state index contributed by atoms with van der Waals surface area (Å²) in [6.45, 7) is 3.98. The van der Waals surface area contributed by atoms with Crippen LogP contribution in [0.1, 0.15) is 32.1 Å². The van der Waals surface area contributed by atoms with Gasteiger partial charge in [0, 0.05) is 12.1 Å².